The van der Waals surface area contributed by atoms with Crippen molar-refractivity contribution in [3.05, 3.63) is 30.2 Å². The SMILES string of the molecule is CN1CCC(Cc2cn3cc(N)ccc3n2)C1. The first-order valence-electron chi connectivity index (χ1n) is 6.12. The fraction of sp³-hybridized carbons (Fsp3) is 0.462. The second kappa shape index (κ2) is 4.04. The van der Waals surface area contributed by atoms with Gasteiger partial charge in [-0.05, 0) is 44.5 Å². The Morgan fingerprint density at radius 1 is 1.41 bits per heavy atom. The Hall–Kier alpha value is -1.55. The predicted molar refractivity (Wildman–Crippen MR) is 68.9 cm³/mol. The third-order valence-corrected chi connectivity index (χ3v) is 3.51. The van der Waals surface area contributed by atoms with Crippen LogP contribution in [0.15, 0.2) is 24.5 Å². The Labute approximate surface area is 101 Å². The van der Waals surface area contributed by atoms with E-state index in [-0.39, 0.29) is 0 Å². The fourth-order valence-electron chi connectivity index (χ4n) is 2.65. The topological polar surface area (TPSA) is 46.6 Å². The van der Waals surface area contributed by atoms with E-state index in [2.05, 4.69) is 23.1 Å². The summed E-state index contributed by atoms with van der Waals surface area (Å²) in [7, 11) is 2.18. The zero-order chi connectivity index (χ0) is 11.8. The summed E-state index contributed by atoms with van der Waals surface area (Å²) in [6.45, 7) is 2.40. The quantitative estimate of drug-likeness (QED) is 0.848. The van der Waals surface area contributed by atoms with Crippen LogP contribution in [0.5, 0.6) is 0 Å². The summed E-state index contributed by atoms with van der Waals surface area (Å²) in [5.74, 6) is 0.752. The maximum absolute atomic E-state index is 5.76. The summed E-state index contributed by atoms with van der Waals surface area (Å²) < 4.78 is 2.02. The van der Waals surface area contributed by atoms with E-state index >= 15 is 0 Å². The minimum atomic E-state index is 0.752. The number of nitrogens with two attached hydrogens (primary N) is 1. The van der Waals surface area contributed by atoms with Crippen molar-refractivity contribution in [3.8, 4) is 0 Å². The van der Waals surface area contributed by atoms with Gasteiger partial charge in [-0.3, -0.25) is 0 Å². The fourth-order valence-corrected chi connectivity index (χ4v) is 2.65. The molecule has 1 unspecified atom stereocenters. The number of fused-ring (bicyclic) bond motifs is 1. The summed E-state index contributed by atoms with van der Waals surface area (Å²) in [6.07, 6.45) is 6.38. The second-order valence-electron chi connectivity index (χ2n) is 5.08. The summed E-state index contributed by atoms with van der Waals surface area (Å²) >= 11 is 0. The molecule has 1 saturated heterocycles. The lowest BCUT2D eigenvalue weighted by molar-refractivity contribution is 0.394. The number of hydrogen-bond donors (Lipinski definition) is 1. The van der Waals surface area contributed by atoms with Crippen molar-refractivity contribution in [3.63, 3.8) is 0 Å². The number of likely N-dealkylation sites (tertiary alicyclic amines) is 1. The van der Waals surface area contributed by atoms with Gasteiger partial charge < -0.3 is 15.0 Å². The highest BCUT2D eigenvalue weighted by atomic mass is 15.1. The largest absolute Gasteiger partial charge is 0.398 e. The van der Waals surface area contributed by atoms with Crippen LogP contribution in [-0.4, -0.2) is 34.4 Å². The standard InChI is InChI=1S/C13H18N4/c1-16-5-4-10(7-16)6-12-9-17-8-11(14)2-3-13(17)15-12/h2-3,8-10H,4-7,14H2,1H3. The van der Waals surface area contributed by atoms with Crippen LogP contribution in [0.1, 0.15) is 12.1 Å². The lowest BCUT2D eigenvalue weighted by atomic mass is 10.0. The number of pyridine rings is 1. The maximum atomic E-state index is 5.76. The van der Waals surface area contributed by atoms with Gasteiger partial charge in [0.05, 0.1) is 5.69 Å². The lowest BCUT2D eigenvalue weighted by Gasteiger charge is -2.07. The maximum Gasteiger partial charge on any atom is 0.137 e. The van der Waals surface area contributed by atoms with Gasteiger partial charge >= 0.3 is 0 Å². The van der Waals surface area contributed by atoms with Crippen molar-refractivity contribution in [1.29, 1.82) is 0 Å². The predicted octanol–water partition coefficient (Wildman–Crippen LogP) is 1.41. The first-order chi connectivity index (χ1) is 8.20. The van der Waals surface area contributed by atoms with E-state index in [9.17, 15) is 0 Å². The van der Waals surface area contributed by atoms with E-state index in [0.717, 1.165) is 23.7 Å². The average Bonchev–Trinajstić information content (AvgIpc) is 2.84. The minimum Gasteiger partial charge on any atom is -0.398 e. The van der Waals surface area contributed by atoms with Crippen molar-refractivity contribution in [1.82, 2.24) is 14.3 Å². The molecule has 0 bridgehead atoms. The molecule has 1 fully saturated rings. The molecule has 0 saturated carbocycles. The van der Waals surface area contributed by atoms with Crippen LogP contribution in [0, 0.1) is 5.92 Å². The highest BCUT2D eigenvalue weighted by Crippen LogP contribution is 2.19. The first kappa shape index (κ1) is 10.6. The molecule has 0 spiro atoms. The van der Waals surface area contributed by atoms with Gasteiger partial charge in [0.1, 0.15) is 5.65 Å². The van der Waals surface area contributed by atoms with E-state index < -0.39 is 0 Å². The van der Waals surface area contributed by atoms with Crippen LogP contribution < -0.4 is 5.73 Å². The number of rotatable bonds is 2. The number of nitrogen functional groups attached to an aromatic ring is 1. The van der Waals surface area contributed by atoms with Crippen LogP contribution in [0.3, 0.4) is 0 Å². The average molecular weight is 230 g/mol. The number of nitrogens with zero attached hydrogens (tertiary/aromatic N) is 3. The van der Waals surface area contributed by atoms with E-state index in [1.165, 1.54) is 25.2 Å². The van der Waals surface area contributed by atoms with Crippen LogP contribution in [0.4, 0.5) is 5.69 Å². The number of anilines is 1. The molecule has 0 radical (unpaired) electrons. The molecule has 0 amide bonds. The van der Waals surface area contributed by atoms with Crippen molar-refractivity contribution in [2.75, 3.05) is 25.9 Å². The van der Waals surface area contributed by atoms with Gasteiger partial charge in [0.25, 0.3) is 0 Å². The van der Waals surface area contributed by atoms with Gasteiger partial charge in [-0.2, -0.15) is 0 Å². The van der Waals surface area contributed by atoms with Crippen LogP contribution >= 0.6 is 0 Å². The first-order valence-corrected chi connectivity index (χ1v) is 6.12. The lowest BCUT2D eigenvalue weighted by Crippen LogP contribution is -2.15. The van der Waals surface area contributed by atoms with E-state index in [1.54, 1.807) is 0 Å². The second-order valence-corrected chi connectivity index (χ2v) is 5.08. The normalized spacial score (nSPS) is 21.4. The highest BCUT2D eigenvalue weighted by molar-refractivity contribution is 5.48. The molecule has 4 heteroatoms. The van der Waals surface area contributed by atoms with E-state index in [0.29, 0.717) is 0 Å². The van der Waals surface area contributed by atoms with E-state index in [1.807, 2.05) is 22.7 Å². The summed E-state index contributed by atoms with van der Waals surface area (Å²) in [5.41, 5.74) is 8.70. The summed E-state index contributed by atoms with van der Waals surface area (Å²) in [4.78, 5) is 7.02. The molecule has 2 aromatic rings. The van der Waals surface area contributed by atoms with Gasteiger partial charge in [0, 0.05) is 24.6 Å². The molecular weight excluding hydrogens is 212 g/mol. The molecule has 17 heavy (non-hydrogen) atoms. The third kappa shape index (κ3) is 2.13. The van der Waals surface area contributed by atoms with Gasteiger partial charge in [-0.25, -0.2) is 4.98 Å². The Morgan fingerprint density at radius 3 is 3.06 bits per heavy atom. The molecule has 2 N–H and O–H groups in total. The molecule has 2 aromatic heterocycles. The van der Waals surface area contributed by atoms with Crippen LogP contribution in [0.25, 0.3) is 5.65 Å². The van der Waals surface area contributed by atoms with Gasteiger partial charge in [0.15, 0.2) is 0 Å². The highest BCUT2D eigenvalue weighted by Gasteiger charge is 2.20. The molecule has 4 nitrogen and oxygen atoms in total. The van der Waals surface area contributed by atoms with Crippen molar-refractivity contribution in [2.45, 2.75) is 12.8 Å². The van der Waals surface area contributed by atoms with Crippen molar-refractivity contribution < 1.29 is 0 Å². The third-order valence-electron chi connectivity index (χ3n) is 3.51. The summed E-state index contributed by atoms with van der Waals surface area (Å²) in [6, 6.07) is 3.87. The molecule has 1 aliphatic rings. The minimum absolute atomic E-state index is 0.752. The molecule has 3 rings (SSSR count). The molecule has 3 heterocycles. The zero-order valence-electron chi connectivity index (χ0n) is 10.1. The summed E-state index contributed by atoms with van der Waals surface area (Å²) in [5, 5.41) is 0. The molecule has 0 aliphatic carbocycles. The van der Waals surface area contributed by atoms with Gasteiger partial charge in [-0.15, -0.1) is 0 Å². The van der Waals surface area contributed by atoms with E-state index in [4.69, 9.17) is 5.73 Å². The Kier molecular flexibility index (Phi) is 2.52. The molecule has 90 valence electrons. The Balaban J connectivity index is 1.81. The zero-order valence-corrected chi connectivity index (χ0v) is 10.1. The molecular formula is C13H18N4. The van der Waals surface area contributed by atoms with Crippen LogP contribution in [-0.2, 0) is 6.42 Å². The van der Waals surface area contributed by atoms with Crippen molar-refractivity contribution in [2.24, 2.45) is 5.92 Å². The number of hydrogen-bond acceptors (Lipinski definition) is 3. The van der Waals surface area contributed by atoms with Gasteiger partial charge in [-0.1, -0.05) is 0 Å². The van der Waals surface area contributed by atoms with Crippen LogP contribution in [0.2, 0.25) is 0 Å². The molecule has 0 aromatic carbocycles. The Bertz CT molecular complexity index is 531. The van der Waals surface area contributed by atoms with Gasteiger partial charge in [0.2, 0.25) is 0 Å². The number of aromatic nitrogens is 2. The Morgan fingerprint density at radius 2 is 2.29 bits per heavy atom. The molecule has 1 atom stereocenters. The number of imidazole rings is 1. The monoisotopic (exact) mass is 230 g/mol. The molecule has 1 aliphatic heterocycles. The van der Waals surface area contributed by atoms with Crippen molar-refractivity contribution >= 4 is 11.3 Å². The smallest absolute Gasteiger partial charge is 0.137 e.